The van der Waals surface area contributed by atoms with E-state index in [1.807, 2.05) is 48.5 Å². The number of fused-ring (bicyclic) bond motifs is 1. The third-order valence-corrected chi connectivity index (χ3v) is 4.93. The molecule has 0 atom stereocenters. The summed E-state index contributed by atoms with van der Waals surface area (Å²) in [7, 11) is 0. The Bertz CT molecular complexity index is 1200. The van der Waals surface area contributed by atoms with Crippen LogP contribution in [0.5, 0.6) is 11.6 Å². The van der Waals surface area contributed by atoms with Crippen molar-refractivity contribution in [2.75, 3.05) is 5.32 Å². The Balaban J connectivity index is 1.34. The number of aromatic nitrogens is 4. The lowest BCUT2D eigenvalue weighted by Crippen LogP contribution is -2.12. The molecule has 1 saturated carbocycles. The van der Waals surface area contributed by atoms with Crippen LogP contribution in [0.25, 0.3) is 16.8 Å². The van der Waals surface area contributed by atoms with E-state index in [0.717, 1.165) is 29.7 Å². The fourth-order valence-corrected chi connectivity index (χ4v) is 3.16. The quantitative estimate of drug-likeness (QED) is 0.525. The predicted molar refractivity (Wildman–Crippen MR) is 109 cm³/mol. The molecule has 0 saturated heterocycles. The van der Waals surface area contributed by atoms with Crippen molar-refractivity contribution in [1.29, 1.82) is 0 Å². The van der Waals surface area contributed by atoms with E-state index in [9.17, 15) is 4.79 Å². The fourth-order valence-electron chi connectivity index (χ4n) is 3.00. The number of amides is 1. The molecule has 0 aliphatic heterocycles. The van der Waals surface area contributed by atoms with Crippen molar-refractivity contribution in [3.8, 4) is 22.8 Å². The van der Waals surface area contributed by atoms with Crippen LogP contribution in [0.1, 0.15) is 12.8 Å². The number of nitrogens with one attached hydrogen (secondary N) is 1. The maximum absolute atomic E-state index is 11.9. The molecule has 0 radical (unpaired) electrons. The molecule has 0 spiro atoms. The van der Waals surface area contributed by atoms with Crippen molar-refractivity contribution in [3.05, 3.63) is 65.9 Å². The van der Waals surface area contributed by atoms with Crippen molar-refractivity contribution in [2.45, 2.75) is 12.8 Å². The molecule has 1 aliphatic carbocycles. The molecule has 1 fully saturated rings. The van der Waals surface area contributed by atoms with Crippen LogP contribution >= 0.6 is 11.6 Å². The number of ether oxygens (including phenoxy) is 1. The largest absolute Gasteiger partial charge is 0.438 e. The summed E-state index contributed by atoms with van der Waals surface area (Å²) in [6.45, 7) is 0. The lowest BCUT2D eigenvalue weighted by atomic mass is 10.1. The Morgan fingerprint density at radius 2 is 1.86 bits per heavy atom. The summed E-state index contributed by atoms with van der Waals surface area (Å²) >= 11 is 5.96. The third kappa shape index (κ3) is 3.77. The molecule has 8 heteroatoms. The average Bonchev–Trinajstić information content (AvgIpc) is 3.53. The number of nitrogens with zero attached hydrogens (tertiary/aromatic N) is 4. The molecule has 0 bridgehead atoms. The zero-order valence-corrected chi connectivity index (χ0v) is 16.0. The first kappa shape index (κ1) is 17.6. The number of carbonyl (C=O) groups excluding carboxylic acids is 1. The van der Waals surface area contributed by atoms with E-state index < -0.39 is 0 Å². The first-order chi connectivity index (χ1) is 14.2. The minimum Gasteiger partial charge on any atom is -0.438 e. The first-order valence-electron chi connectivity index (χ1n) is 9.23. The Labute approximate surface area is 171 Å². The number of anilines is 1. The van der Waals surface area contributed by atoms with Crippen LogP contribution in [0, 0.1) is 5.92 Å². The van der Waals surface area contributed by atoms with Crippen molar-refractivity contribution in [3.63, 3.8) is 0 Å². The van der Waals surface area contributed by atoms with Crippen LogP contribution in [0.2, 0.25) is 5.28 Å². The van der Waals surface area contributed by atoms with Gasteiger partial charge in [0.1, 0.15) is 5.75 Å². The van der Waals surface area contributed by atoms with Gasteiger partial charge in [0.2, 0.25) is 17.1 Å². The van der Waals surface area contributed by atoms with E-state index >= 15 is 0 Å². The molecule has 1 aliphatic rings. The Morgan fingerprint density at radius 1 is 1.03 bits per heavy atom. The molecule has 2 heterocycles. The zero-order chi connectivity index (χ0) is 19.8. The summed E-state index contributed by atoms with van der Waals surface area (Å²) in [5, 5.41) is 15.1. The molecular formula is C21H16ClN5O2. The second-order valence-electron chi connectivity index (χ2n) is 6.88. The van der Waals surface area contributed by atoms with E-state index in [4.69, 9.17) is 16.3 Å². The Morgan fingerprint density at radius 3 is 2.66 bits per heavy atom. The summed E-state index contributed by atoms with van der Waals surface area (Å²) in [6, 6.07) is 18.9. The van der Waals surface area contributed by atoms with E-state index in [1.54, 1.807) is 12.1 Å². The highest BCUT2D eigenvalue weighted by Crippen LogP contribution is 2.31. The first-order valence-corrected chi connectivity index (χ1v) is 9.61. The molecule has 2 aromatic carbocycles. The van der Waals surface area contributed by atoms with Crippen LogP contribution in [0.3, 0.4) is 0 Å². The van der Waals surface area contributed by atoms with Gasteiger partial charge in [-0.1, -0.05) is 24.3 Å². The minimum atomic E-state index is 0.103. The minimum absolute atomic E-state index is 0.103. The predicted octanol–water partition coefficient (Wildman–Crippen LogP) is 4.59. The zero-order valence-electron chi connectivity index (χ0n) is 15.2. The smallest absolute Gasteiger partial charge is 0.246 e. The molecule has 1 amide bonds. The number of hydrogen-bond acceptors (Lipinski definition) is 5. The molecule has 144 valence electrons. The molecule has 7 nitrogen and oxygen atoms in total. The van der Waals surface area contributed by atoms with Gasteiger partial charge in [-0.2, -0.15) is 4.52 Å². The van der Waals surface area contributed by atoms with Gasteiger partial charge in [-0.15, -0.1) is 15.3 Å². The summed E-state index contributed by atoms with van der Waals surface area (Å²) in [4.78, 5) is 11.9. The number of carbonyl (C=O) groups is 1. The Hall–Kier alpha value is -3.45. The highest BCUT2D eigenvalue weighted by molar-refractivity contribution is 6.28. The molecule has 4 aromatic rings. The summed E-state index contributed by atoms with van der Waals surface area (Å²) < 4.78 is 7.29. The summed E-state index contributed by atoms with van der Waals surface area (Å²) in [5.74, 6) is 1.31. The maximum Gasteiger partial charge on any atom is 0.246 e. The van der Waals surface area contributed by atoms with Crippen LogP contribution in [0.4, 0.5) is 5.69 Å². The van der Waals surface area contributed by atoms with Gasteiger partial charge in [0.15, 0.2) is 5.65 Å². The Kier molecular flexibility index (Phi) is 4.37. The second-order valence-corrected chi connectivity index (χ2v) is 7.22. The molecule has 2 aromatic heterocycles. The highest BCUT2D eigenvalue weighted by atomic mass is 35.5. The average molecular weight is 406 g/mol. The van der Waals surface area contributed by atoms with Crippen molar-refractivity contribution in [2.24, 2.45) is 5.92 Å². The third-order valence-electron chi connectivity index (χ3n) is 4.69. The van der Waals surface area contributed by atoms with E-state index in [1.165, 1.54) is 4.52 Å². The van der Waals surface area contributed by atoms with Crippen LogP contribution in [-0.4, -0.2) is 25.7 Å². The van der Waals surface area contributed by atoms with Crippen LogP contribution in [-0.2, 0) is 4.79 Å². The summed E-state index contributed by atoms with van der Waals surface area (Å²) in [5.41, 5.74) is 3.36. The van der Waals surface area contributed by atoms with E-state index in [2.05, 4.69) is 20.6 Å². The monoisotopic (exact) mass is 405 g/mol. The lowest BCUT2D eigenvalue weighted by molar-refractivity contribution is -0.117. The van der Waals surface area contributed by atoms with Crippen molar-refractivity contribution in [1.82, 2.24) is 19.8 Å². The number of rotatable bonds is 5. The molecule has 1 N–H and O–H groups in total. The standard InChI is InChI=1S/C21H16ClN5O2/c22-21-25-24-18-10-11-19(26-27(18)21)29-17-3-1-2-15(12-17)13-6-8-16(9-7-13)23-20(28)14-4-5-14/h1-3,6-12,14H,4-5H2,(H,23,28). The lowest BCUT2D eigenvalue weighted by Gasteiger charge is -2.09. The van der Waals surface area contributed by atoms with Gasteiger partial charge in [0, 0.05) is 17.7 Å². The number of halogens is 1. The normalized spacial score (nSPS) is 13.4. The number of benzene rings is 2. The van der Waals surface area contributed by atoms with E-state index in [0.29, 0.717) is 17.3 Å². The SMILES string of the molecule is O=C(Nc1ccc(-c2cccc(Oc3ccc4nnc(Cl)n4n3)c2)cc1)C1CC1. The van der Waals surface area contributed by atoms with Gasteiger partial charge in [-0.3, -0.25) is 4.79 Å². The van der Waals surface area contributed by atoms with Gasteiger partial charge in [-0.05, 0) is 65.9 Å². The maximum atomic E-state index is 11.9. The fraction of sp³-hybridized carbons (Fsp3) is 0.143. The van der Waals surface area contributed by atoms with Gasteiger partial charge in [-0.25, -0.2) is 0 Å². The van der Waals surface area contributed by atoms with Crippen molar-refractivity contribution >= 4 is 28.8 Å². The molecule has 29 heavy (non-hydrogen) atoms. The van der Waals surface area contributed by atoms with Crippen LogP contribution in [0.15, 0.2) is 60.7 Å². The van der Waals surface area contributed by atoms with Gasteiger partial charge in [0.05, 0.1) is 0 Å². The highest BCUT2D eigenvalue weighted by Gasteiger charge is 2.29. The van der Waals surface area contributed by atoms with Gasteiger partial charge < -0.3 is 10.1 Å². The van der Waals surface area contributed by atoms with Crippen molar-refractivity contribution < 1.29 is 9.53 Å². The molecule has 0 unspecified atom stereocenters. The summed E-state index contributed by atoms with van der Waals surface area (Å²) in [6.07, 6.45) is 1.98. The van der Waals surface area contributed by atoms with E-state index in [-0.39, 0.29) is 17.1 Å². The van der Waals surface area contributed by atoms with Gasteiger partial charge >= 0.3 is 0 Å². The molecule has 5 rings (SSSR count). The topological polar surface area (TPSA) is 81.4 Å². The van der Waals surface area contributed by atoms with Crippen LogP contribution < -0.4 is 10.1 Å². The molecular weight excluding hydrogens is 390 g/mol. The second kappa shape index (κ2) is 7.18. The number of hydrogen-bond donors (Lipinski definition) is 1. The van der Waals surface area contributed by atoms with Gasteiger partial charge in [0.25, 0.3) is 0 Å².